The second-order valence-electron chi connectivity index (χ2n) is 6.90. The summed E-state index contributed by atoms with van der Waals surface area (Å²) < 4.78 is 16.8. The molecule has 0 aliphatic rings. The highest BCUT2D eigenvalue weighted by Gasteiger charge is 2.37. The monoisotopic (exact) mass is 324 g/mol. The first-order valence-electron chi connectivity index (χ1n) is 7.53. The number of rotatable bonds is 8. The van der Waals surface area contributed by atoms with Gasteiger partial charge in [-0.1, -0.05) is 32.9 Å². The summed E-state index contributed by atoms with van der Waals surface area (Å²) in [6.07, 6.45) is 0.285. The van der Waals surface area contributed by atoms with E-state index in [-0.39, 0.29) is 5.04 Å². The normalized spacial score (nSPS) is 13.7. The smallest absolute Gasteiger partial charge is 0.192 e. The predicted molar refractivity (Wildman–Crippen MR) is 90.8 cm³/mol. The van der Waals surface area contributed by atoms with E-state index >= 15 is 0 Å². The lowest BCUT2D eigenvalue weighted by Gasteiger charge is -2.36. The van der Waals surface area contributed by atoms with E-state index in [1.165, 1.54) is 0 Å². The first-order valence-corrected chi connectivity index (χ1v) is 10.4. The van der Waals surface area contributed by atoms with Gasteiger partial charge in [0, 0.05) is 0 Å². The van der Waals surface area contributed by atoms with Gasteiger partial charge in [-0.05, 0) is 35.8 Å². The zero-order valence-corrected chi connectivity index (χ0v) is 15.5. The number of aldehydes is 1. The Labute approximate surface area is 134 Å². The number of benzene rings is 1. The molecule has 4 nitrogen and oxygen atoms in total. The molecular weight excluding hydrogens is 296 g/mol. The van der Waals surface area contributed by atoms with Crippen molar-refractivity contribution in [3.63, 3.8) is 0 Å². The Hall–Kier alpha value is -1.17. The Morgan fingerprint density at radius 2 is 1.77 bits per heavy atom. The number of carbonyl (C=O) groups excluding carboxylic acids is 1. The van der Waals surface area contributed by atoms with E-state index in [1.54, 1.807) is 7.11 Å². The molecule has 0 radical (unpaired) electrons. The number of ether oxygens (including phenoxy) is 2. The largest absolute Gasteiger partial charge is 0.497 e. The Balaban J connectivity index is 2.50. The third kappa shape index (κ3) is 5.55. The minimum absolute atomic E-state index is 0.121. The Kier molecular flexibility index (Phi) is 6.78. The highest BCUT2D eigenvalue weighted by Crippen LogP contribution is 2.36. The molecule has 0 amide bonds. The van der Waals surface area contributed by atoms with Crippen molar-refractivity contribution >= 4 is 14.6 Å². The number of methoxy groups -OCH3 is 1. The van der Waals surface area contributed by atoms with Crippen LogP contribution in [0, 0.1) is 0 Å². The van der Waals surface area contributed by atoms with E-state index in [2.05, 4.69) is 33.9 Å². The molecule has 1 rings (SSSR count). The van der Waals surface area contributed by atoms with Crippen LogP contribution in [0.3, 0.4) is 0 Å². The van der Waals surface area contributed by atoms with Crippen molar-refractivity contribution in [3.8, 4) is 5.75 Å². The Bertz CT molecular complexity index is 463. The summed E-state index contributed by atoms with van der Waals surface area (Å²) in [4.78, 5) is 11.2. The average molecular weight is 324 g/mol. The summed E-state index contributed by atoms with van der Waals surface area (Å²) in [6.45, 7) is 11.6. The summed E-state index contributed by atoms with van der Waals surface area (Å²) in [6, 6.07) is 7.60. The van der Waals surface area contributed by atoms with Gasteiger partial charge in [0.2, 0.25) is 0 Å². The van der Waals surface area contributed by atoms with Crippen LogP contribution in [0.25, 0.3) is 0 Å². The van der Waals surface area contributed by atoms with Gasteiger partial charge in [0.05, 0.1) is 20.3 Å². The van der Waals surface area contributed by atoms with Crippen molar-refractivity contribution < 1.29 is 18.7 Å². The third-order valence-corrected chi connectivity index (χ3v) is 8.69. The van der Waals surface area contributed by atoms with Crippen molar-refractivity contribution in [2.75, 3.05) is 13.7 Å². The van der Waals surface area contributed by atoms with Crippen molar-refractivity contribution in [1.29, 1.82) is 0 Å². The van der Waals surface area contributed by atoms with Gasteiger partial charge in [-0.2, -0.15) is 0 Å². The topological polar surface area (TPSA) is 44.8 Å². The van der Waals surface area contributed by atoms with E-state index in [0.717, 1.165) is 17.6 Å². The van der Waals surface area contributed by atoms with Crippen molar-refractivity contribution in [3.05, 3.63) is 29.8 Å². The minimum atomic E-state index is -1.86. The van der Waals surface area contributed by atoms with Crippen LogP contribution in [0.4, 0.5) is 0 Å². The van der Waals surface area contributed by atoms with Gasteiger partial charge in [-0.25, -0.2) is 0 Å². The molecule has 22 heavy (non-hydrogen) atoms. The summed E-state index contributed by atoms with van der Waals surface area (Å²) in [5.41, 5.74) is 1.000. The van der Waals surface area contributed by atoms with Crippen LogP contribution in [0.2, 0.25) is 18.1 Å². The number of hydrogen-bond acceptors (Lipinski definition) is 4. The maximum absolute atomic E-state index is 11.2. The van der Waals surface area contributed by atoms with Gasteiger partial charge in [-0.3, -0.25) is 0 Å². The highest BCUT2D eigenvalue weighted by molar-refractivity contribution is 6.74. The standard InChI is InChI=1S/C17H28O4Si/c1-17(2,3)22(5,6)21-13-16(11-18)20-12-14-7-9-15(19-4)10-8-14/h7-11,16H,12-13H2,1-6H3/t16-/m0/s1. The van der Waals surface area contributed by atoms with E-state index in [0.29, 0.717) is 13.2 Å². The SMILES string of the molecule is COc1ccc(CO[C@@H](C=O)CO[Si](C)(C)C(C)(C)C)cc1. The van der Waals surface area contributed by atoms with Crippen LogP contribution in [0.15, 0.2) is 24.3 Å². The molecule has 0 saturated heterocycles. The molecule has 0 heterocycles. The maximum Gasteiger partial charge on any atom is 0.192 e. The molecule has 0 spiro atoms. The van der Waals surface area contributed by atoms with Crippen molar-refractivity contribution in [1.82, 2.24) is 0 Å². The quantitative estimate of drug-likeness (QED) is 0.539. The van der Waals surface area contributed by atoms with Crippen LogP contribution in [0.5, 0.6) is 5.75 Å². The molecule has 1 aromatic carbocycles. The fraction of sp³-hybridized carbons (Fsp3) is 0.588. The van der Waals surface area contributed by atoms with Crippen molar-refractivity contribution in [2.24, 2.45) is 0 Å². The van der Waals surface area contributed by atoms with Crippen molar-refractivity contribution in [2.45, 2.75) is 51.6 Å². The molecule has 0 unspecified atom stereocenters. The molecule has 1 atom stereocenters. The van der Waals surface area contributed by atoms with Crippen LogP contribution in [-0.4, -0.2) is 34.4 Å². The molecule has 0 fully saturated rings. The third-order valence-electron chi connectivity index (χ3n) is 4.19. The molecule has 1 aromatic rings. The van der Waals surface area contributed by atoms with E-state index < -0.39 is 14.4 Å². The molecule has 0 saturated carbocycles. The van der Waals surface area contributed by atoms with Crippen LogP contribution in [0.1, 0.15) is 26.3 Å². The fourth-order valence-corrected chi connectivity index (χ4v) is 2.57. The van der Waals surface area contributed by atoms with Gasteiger partial charge in [0.1, 0.15) is 11.9 Å². The molecule has 0 bridgehead atoms. The molecule has 0 N–H and O–H groups in total. The van der Waals surface area contributed by atoms with Crippen LogP contribution < -0.4 is 4.74 Å². The molecule has 0 aromatic heterocycles. The molecule has 5 heteroatoms. The lowest BCUT2D eigenvalue weighted by atomic mass is 10.2. The van der Waals surface area contributed by atoms with Gasteiger partial charge in [0.15, 0.2) is 14.6 Å². The minimum Gasteiger partial charge on any atom is -0.497 e. The average Bonchev–Trinajstić information content (AvgIpc) is 2.46. The second kappa shape index (κ2) is 7.90. The number of carbonyl (C=O) groups is 1. The zero-order valence-electron chi connectivity index (χ0n) is 14.5. The number of hydrogen-bond donors (Lipinski definition) is 0. The summed E-state index contributed by atoms with van der Waals surface area (Å²) in [5.74, 6) is 0.803. The second-order valence-corrected chi connectivity index (χ2v) is 11.7. The van der Waals surface area contributed by atoms with Crippen LogP contribution >= 0.6 is 0 Å². The Morgan fingerprint density at radius 3 is 2.23 bits per heavy atom. The molecule has 0 aliphatic carbocycles. The van der Waals surface area contributed by atoms with Gasteiger partial charge >= 0.3 is 0 Å². The van der Waals surface area contributed by atoms with E-state index in [4.69, 9.17) is 13.9 Å². The maximum atomic E-state index is 11.2. The van der Waals surface area contributed by atoms with E-state index in [9.17, 15) is 4.79 Å². The summed E-state index contributed by atoms with van der Waals surface area (Å²) in [5, 5.41) is 0.121. The highest BCUT2D eigenvalue weighted by atomic mass is 28.4. The van der Waals surface area contributed by atoms with Gasteiger partial charge in [0.25, 0.3) is 0 Å². The van der Waals surface area contributed by atoms with Gasteiger partial charge in [-0.15, -0.1) is 0 Å². The molecule has 0 aliphatic heterocycles. The summed E-state index contributed by atoms with van der Waals surface area (Å²) in [7, 11) is -0.229. The predicted octanol–water partition coefficient (Wildman–Crippen LogP) is 3.80. The zero-order chi connectivity index (χ0) is 16.8. The fourth-order valence-electron chi connectivity index (χ4n) is 1.56. The Morgan fingerprint density at radius 1 is 1.18 bits per heavy atom. The first kappa shape index (κ1) is 18.9. The first-order chi connectivity index (χ1) is 10.2. The van der Waals surface area contributed by atoms with Crippen LogP contribution in [-0.2, 0) is 20.6 Å². The summed E-state index contributed by atoms with van der Waals surface area (Å²) >= 11 is 0. The molecule has 124 valence electrons. The lowest BCUT2D eigenvalue weighted by Crippen LogP contribution is -2.43. The van der Waals surface area contributed by atoms with E-state index in [1.807, 2.05) is 24.3 Å². The lowest BCUT2D eigenvalue weighted by molar-refractivity contribution is -0.121. The van der Waals surface area contributed by atoms with Gasteiger partial charge < -0.3 is 18.7 Å². The molecular formula is C17H28O4Si.